The Hall–Kier alpha value is -3.35. The number of hydrogen-bond acceptors (Lipinski definition) is 4. The molecule has 1 aliphatic carbocycles. The van der Waals surface area contributed by atoms with Gasteiger partial charge in [-0.1, -0.05) is 31.4 Å². The molecule has 2 heterocycles. The van der Waals surface area contributed by atoms with Crippen molar-refractivity contribution < 1.29 is 9.59 Å². The molecule has 154 valence electrons. The van der Waals surface area contributed by atoms with Crippen molar-refractivity contribution in [3.05, 3.63) is 48.0 Å². The maximum Gasteiger partial charge on any atom is 0.258 e. The maximum absolute atomic E-state index is 13.1. The van der Waals surface area contributed by atoms with Gasteiger partial charge in [0.1, 0.15) is 0 Å². The number of rotatable bonds is 3. The minimum Gasteiger partial charge on any atom is -0.364 e. The van der Waals surface area contributed by atoms with Crippen LogP contribution >= 0.6 is 0 Å². The minimum absolute atomic E-state index is 0.0818. The number of fused-ring (bicyclic) bond motifs is 2. The third kappa shape index (κ3) is 3.30. The number of nitrogens with one attached hydrogen (secondary N) is 2. The molecule has 1 fully saturated rings. The van der Waals surface area contributed by atoms with Crippen LogP contribution in [0.1, 0.15) is 48.5 Å². The molecular formula is C23H25N5O2. The molecule has 5 rings (SSSR count). The Morgan fingerprint density at radius 3 is 2.77 bits per heavy atom. The van der Waals surface area contributed by atoms with Crippen molar-refractivity contribution in [2.24, 2.45) is 0 Å². The van der Waals surface area contributed by atoms with E-state index in [0.29, 0.717) is 29.8 Å². The Kier molecular flexibility index (Phi) is 4.65. The average Bonchev–Trinajstić information content (AvgIpc) is 3.11. The zero-order valence-electron chi connectivity index (χ0n) is 17.0. The Morgan fingerprint density at radius 2 is 1.93 bits per heavy atom. The van der Waals surface area contributed by atoms with Crippen LogP contribution in [0.15, 0.2) is 42.5 Å². The fraction of sp³-hybridized carbons (Fsp3) is 0.348. The highest BCUT2D eigenvalue weighted by atomic mass is 16.2. The first kappa shape index (κ1) is 18.7. The van der Waals surface area contributed by atoms with Gasteiger partial charge in [0.05, 0.1) is 29.0 Å². The average molecular weight is 403 g/mol. The summed E-state index contributed by atoms with van der Waals surface area (Å²) in [7, 11) is 1.86. The normalized spacial score (nSPS) is 17.0. The number of aromatic nitrogens is 2. The lowest BCUT2D eigenvalue weighted by Gasteiger charge is -2.27. The lowest BCUT2D eigenvalue weighted by molar-refractivity contribution is -0.115. The molecule has 7 nitrogen and oxygen atoms in total. The van der Waals surface area contributed by atoms with Crippen LogP contribution in [0.4, 0.5) is 17.3 Å². The van der Waals surface area contributed by atoms with Gasteiger partial charge in [0.25, 0.3) is 5.91 Å². The van der Waals surface area contributed by atoms with Crippen molar-refractivity contribution in [2.45, 2.75) is 38.1 Å². The SMILES string of the molecule is CN1CC(=O)Nc2cc(C(=O)Nc3nc4ccccc4n3C3CCCCC3)ccc21. The number of carbonyl (C=O) groups is 2. The molecule has 1 aromatic heterocycles. The third-order valence-electron chi connectivity index (χ3n) is 6.09. The smallest absolute Gasteiger partial charge is 0.258 e. The van der Waals surface area contributed by atoms with E-state index in [4.69, 9.17) is 4.98 Å². The van der Waals surface area contributed by atoms with Gasteiger partial charge in [0.15, 0.2) is 0 Å². The Labute approximate surface area is 175 Å². The quantitative estimate of drug-likeness (QED) is 0.688. The summed E-state index contributed by atoms with van der Waals surface area (Å²) in [5.41, 5.74) is 3.99. The Balaban J connectivity index is 1.48. The lowest BCUT2D eigenvalue weighted by atomic mass is 9.95. The molecule has 2 aliphatic rings. The van der Waals surface area contributed by atoms with Crippen LogP contribution in [0.3, 0.4) is 0 Å². The number of amides is 2. The molecule has 0 atom stereocenters. The molecular weight excluding hydrogens is 378 g/mol. The molecule has 2 amide bonds. The van der Waals surface area contributed by atoms with Gasteiger partial charge < -0.3 is 14.8 Å². The molecule has 30 heavy (non-hydrogen) atoms. The molecule has 0 unspecified atom stereocenters. The number of para-hydroxylation sites is 2. The van der Waals surface area contributed by atoms with Crippen LogP contribution in [-0.2, 0) is 4.79 Å². The predicted octanol–water partition coefficient (Wildman–Crippen LogP) is 4.18. The number of anilines is 3. The summed E-state index contributed by atoms with van der Waals surface area (Å²) in [5.74, 6) is 0.279. The molecule has 1 saturated carbocycles. The van der Waals surface area contributed by atoms with Gasteiger partial charge in [-0.25, -0.2) is 4.98 Å². The largest absolute Gasteiger partial charge is 0.364 e. The molecule has 0 spiro atoms. The van der Waals surface area contributed by atoms with E-state index < -0.39 is 0 Å². The molecule has 7 heteroatoms. The monoisotopic (exact) mass is 403 g/mol. The van der Waals surface area contributed by atoms with Crippen molar-refractivity contribution >= 4 is 40.2 Å². The first-order valence-corrected chi connectivity index (χ1v) is 10.5. The van der Waals surface area contributed by atoms with Crippen LogP contribution in [0, 0.1) is 0 Å². The van der Waals surface area contributed by atoms with Crippen molar-refractivity contribution in [1.82, 2.24) is 9.55 Å². The summed E-state index contributed by atoms with van der Waals surface area (Å²) in [5, 5.41) is 5.88. The molecule has 3 aromatic rings. The zero-order valence-corrected chi connectivity index (χ0v) is 17.0. The molecule has 0 radical (unpaired) electrons. The second kappa shape index (κ2) is 7.48. The summed E-state index contributed by atoms with van der Waals surface area (Å²) in [6.07, 6.45) is 5.85. The van der Waals surface area contributed by atoms with E-state index in [0.717, 1.165) is 29.6 Å². The topological polar surface area (TPSA) is 79.3 Å². The van der Waals surface area contributed by atoms with Crippen LogP contribution < -0.4 is 15.5 Å². The van der Waals surface area contributed by atoms with E-state index in [1.54, 1.807) is 12.1 Å². The minimum atomic E-state index is -0.229. The van der Waals surface area contributed by atoms with Gasteiger partial charge in [-0.05, 0) is 43.2 Å². The summed E-state index contributed by atoms with van der Waals surface area (Å²) in [6.45, 7) is 0.309. The molecule has 2 aromatic carbocycles. The summed E-state index contributed by atoms with van der Waals surface area (Å²) < 4.78 is 2.19. The highest BCUT2D eigenvalue weighted by Gasteiger charge is 2.24. The number of likely N-dealkylation sites (N-methyl/N-ethyl adjacent to an activating group) is 1. The van der Waals surface area contributed by atoms with Gasteiger partial charge in [0.2, 0.25) is 11.9 Å². The molecule has 1 aliphatic heterocycles. The van der Waals surface area contributed by atoms with Crippen molar-refractivity contribution in [1.29, 1.82) is 0 Å². The van der Waals surface area contributed by atoms with Crippen molar-refractivity contribution in [3.63, 3.8) is 0 Å². The van der Waals surface area contributed by atoms with Gasteiger partial charge in [-0.3, -0.25) is 14.9 Å². The molecule has 0 bridgehead atoms. The number of carbonyl (C=O) groups excluding carboxylic acids is 2. The number of benzene rings is 2. The zero-order chi connectivity index (χ0) is 20.7. The fourth-order valence-electron chi connectivity index (χ4n) is 4.62. The standard InChI is InChI=1S/C23H25N5O2/c1-27-14-21(29)24-18-13-15(11-12-19(18)27)22(30)26-23-25-17-9-5-6-10-20(17)28(23)16-7-3-2-4-8-16/h5-6,9-13,16H,2-4,7-8,14H2,1H3,(H,24,29)(H,25,26,30). The fourth-order valence-corrected chi connectivity index (χ4v) is 4.62. The van der Waals surface area contributed by atoms with E-state index >= 15 is 0 Å². The maximum atomic E-state index is 13.1. The van der Waals surface area contributed by atoms with Gasteiger partial charge >= 0.3 is 0 Å². The van der Waals surface area contributed by atoms with Crippen LogP contribution in [-0.4, -0.2) is 35.0 Å². The van der Waals surface area contributed by atoms with Gasteiger partial charge in [0, 0.05) is 18.7 Å². The first-order chi connectivity index (χ1) is 14.6. The van der Waals surface area contributed by atoms with Gasteiger partial charge in [-0.2, -0.15) is 0 Å². The third-order valence-corrected chi connectivity index (χ3v) is 6.09. The van der Waals surface area contributed by atoms with Crippen LogP contribution in [0.25, 0.3) is 11.0 Å². The van der Waals surface area contributed by atoms with E-state index in [2.05, 4.69) is 21.3 Å². The Bertz CT molecular complexity index is 1130. The summed E-state index contributed by atoms with van der Waals surface area (Å²) in [6, 6.07) is 13.8. The second-order valence-corrected chi connectivity index (χ2v) is 8.18. The van der Waals surface area contributed by atoms with Crippen molar-refractivity contribution in [2.75, 3.05) is 29.1 Å². The number of nitrogens with zero attached hydrogens (tertiary/aromatic N) is 3. The lowest BCUT2D eigenvalue weighted by Crippen LogP contribution is -2.35. The van der Waals surface area contributed by atoms with E-state index in [1.807, 2.05) is 36.2 Å². The summed E-state index contributed by atoms with van der Waals surface area (Å²) >= 11 is 0. The van der Waals surface area contributed by atoms with Crippen molar-refractivity contribution in [3.8, 4) is 0 Å². The van der Waals surface area contributed by atoms with E-state index in [9.17, 15) is 9.59 Å². The van der Waals surface area contributed by atoms with Gasteiger partial charge in [-0.15, -0.1) is 0 Å². The van der Waals surface area contributed by atoms with Crippen LogP contribution in [0.5, 0.6) is 0 Å². The second-order valence-electron chi connectivity index (χ2n) is 8.18. The van der Waals surface area contributed by atoms with E-state index in [-0.39, 0.29) is 11.8 Å². The number of imidazole rings is 1. The highest BCUT2D eigenvalue weighted by Crippen LogP contribution is 2.35. The Morgan fingerprint density at radius 1 is 1.13 bits per heavy atom. The number of hydrogen-bond donors (Lipinski definition) is 2. The first-order valence-electron chi connectivity index (χ1n) is 10.5. The summed E-state index contributed by atoms with van der Waals surface area (Å²) in [4.78, 5) is 31.5. The molecule has 0 saturated heterocycles. The van der Waals surface area contributed by atoms with E-state index in [1.165, 1.54) is 19.3 Å². The molecule has 2 N–H and O–H groups in total. The van der Waals surface area contributed by atoms with Crippen LogP contribution in [0.2, 0.25) is 0 Å². The highest BCUT2D eigenvalue weighted by molar-refractivity contribution is 6.07. The predicted molar refractivity (Wildman–Crippen MR) is 118 cm³/mol.